The number of aromatic amines is 1. The molecule has 140 valence electrons. The summed E-state index contributed by atoms with van der Waals surface area (Å²) in [6.45, 7) is 0. The molecule has 0 saturated heterocycles. The van der Waals surface area contributed by atoms with E-state index in [0.29, 0.717) is 17.6 Å². The number of rotatable bonds is 5. The topological polar surface area (TPSA) is 101 Å². The molecule has 0 radical (unpaired) electrons. The van der Waals surface area contributed by atoms with Crippen molar-refractivity contribution in [1.82, 2.24) is 20.2 Å². The van der Waals surface area contributed by atoms with E-state index in [0.717, 1.165) is 18.5 Å². The zero-order valence-corrected chi connectivity index (χ0v) is 16.0. The highest BCUT2D eigenvalue weighted by Crippen LogP contribution is 2.34. The van der Waals surface area contributed by atoms with E-state index < -0.39 is 9.84 Å². The van der Waals surface area contributed by atoms with Gasteiger partial charge >= 0.3 is 0 Å². The van der Waals surface area contributed by atoms with Crippen LogP contribution in [0.5, 0.6) is 0 Å². The summed E-state index contributed by atoms with van der Waals surface area (Å²) in [5.74, 6) is 1.40. The summed E-state index contributed by atoms with van der Waals surface area (Å²) in [5.41, 5.74) is 1.08. The van der Waals surface area contributed by atoms with Crippen molar-refractivity contribution in [3.63, 3.8) is 0 Å². The van der Waals surface area contributed by atoms with E-state index in [-0.39, 0.29) is 14.9 Å². The van der Waals surface area contributed by atoms with Crippen LogP contribution in [0.25, 0.3) is 0 Å². The van der Waals surface area contributed by atoms with Crippen molar-refractivity contribution in [1.29, 1.82) is 0 Å². The first-order valence-electron chi connectivity index (χ1n) is 8.67. The van der Waals surface area contributed by atoms with Crippen LogP contribution in [0.1, 0.15) is 37.3 Å². The minimum absolute atomic E-state index is 0.0459. The highest BCUT2D eigenvalue weighted by Gasteiger charge is 2.21. The van der Waals surface area contributed by atoms with E-state index in [1.54, 1.807) is 6.07 Å². The second-order valence-corrected chi connectivity index (χ2v) is 8.85. The van der Waals surface area contributed by atoms with Crippen LogP contribution < -0.4 is 5.32 Å². The molecule has 3 aromatic heterocycles. The van der Waals surface area contributed by atoms with Crippen LogP contribution in [0.4, 0.5) is 11.6 Å². The Morgan fingerprint density at radius 1 is 1.11 bits per heavy atom. The van der Waals surface area contributed by atoms with Gasteiger partial charge in [-0.3, -0.25) is 10.1 Å². The third-order valence-corrected chi connectivity index (χ3v) is 6.58. The molecule has 0 bridgehead atoms. The van der Waals surface area contributed by atoms with E-state index in [1.807, 2.05) is 6.07 Å². The first kappa shape index (κ1) is 17.9. The summed E-state index contributed by atoms with van der Waals surface area (Å²) in [5, 5.41) is 10.4. The lowest BCUT2D eigenvalue weighted by atomic mass is 10.0. The lowest BCUT2D eigenvalue weighted by molar-refractivity contribution is 0.595. The normalized spacial score (nSPS) is 15.1. The molecule has 0 unspecified atom stereocenters. The Morgan fingerprint density at radius 2 is 1.93 bits per heavy atom. The van der Waals surface area contributed by atoms with Gasteiger partial charge in [-0.25, -0.2) is 13.4 Å². The minimum atomic E-state index is -3.74. The molecule has 9 heteroatoms. The summed E-state index contributed by atoms with van der Waals surface area (Å²) in [6.07, 6.45) is 7.61. The molecular formula is C18H18ClN5O2S. The van der Waals surface area contributed by atoms with Crippen LogP contribution in [0, 0.1) is 0 Å². The Kier molecular flexibility index (Phi) is 4.84. The summed E-state index contributed by atoms with van der Waals surface area (Å²) in [6, 6.07) is 7.77. The number of nitrogens with one attached hydrogen (secondary N) is 2. The summed E-state index contributed by atoms with van der Waals surface area (Å²) < 4.78 is 25.6. The number of pyridine rings is 2. The minimum Gasteiger partial charge on any atom is -0.323 e. The first-order valence-corrected chi connectivity index (χ1v) is 10.5. The number of sulfone groups is 1. The Morgan fingerprint density at radius 3 is 2.67 bits per heavy atom. The number of nitrogens with zero attached hydrogens (tertiary/aromatic N) is 3. The van der Waals surface area contributed by atoms with Crippen molar-refractivity contribution in [2.24, 2.45) is 0 Å². The van der Waals surface area contributed by atoms with Gasteiger partial charge in [0.15, 0.2) is 5.82 Å². The first-order chi connectivity index (χ1) is 13.0. The lowest BCUT2D eigenvalue weighted by Crippen LogP contribution is -2.04. The highest BCUT2D eigenvalue weighted by molar-refractivity contribution is 7.91. The van der Waals surface area contributed by atoms with E-state index in [1.165, 1.54) is 43.4 Å². The molecule has 1 aliphatic carbocycles. The van der Waals surface area contributed by atoms with Crippen molar-refractivity contribution in [2.75, 3.05) is 5.32 Å². The molecule has 1 aliphatic rings. The van der Waals surface area contributed by atoms with Crippen molar-refractivity contribution in [2.45, 2.75) is 41.4 Å². The van der Waals surface area contributed by atoms with Gasteiger partial charge in [0.1, 0.15) is 11.0 Å². The van der Waals surface area contributed by atoms with Crippen LogP contribution in [0.15, 0.2) is 52.5 Å². The van der Waals surface area contributed by atoms with Crippen LogP contribution in [-0.4, -0.2) is 28.6 Å². The maximum Gasteiger partial charge on any atom is 0.208 e. The SMILES string of the molecule is O=S(=O)(c1cccnc1)c1cc(Cl)nc(Nc2cc(C3CCCC3)[nH]n2)c1. The average molecular weight is 404 g/mol. The number of hydrogen-bond donors (Lipinski definition) is 2. The molecule has 0 amide bonds. The smallest absolute Gasteiger partial charge is 0.208 e. The molecule has 0 atom stereocenters. The molecular weight excluding hydrogens is 386 g/mol. The second kappa shape index (κ2) is 7.28. The predicted octanol–water partition coefficient (Wildman–Crippen LogP) is 4.09. The van der Waals surface area contributed by atoms with Gasteiger partial charge in [0.25, 0.3) is 0 Å². The fourth-order valence-corrected chi connectivity index (χ4v) is 4.85. The van der Waals surface area contributed by atoms with Crippen molar-refractivity contribution in [3.8, 4) is 0 Å². The van der Waals surface area contributed by atoms with Gasteiger partial charge in [0.05, 0.1) is 9.79 Å². The molecule has 2 N–H and O–H groups in total. The zero-order valence-electron chi connectivity index (χ0n) is 14.4. The van der Waals surface area contributed by atoms with E-state index >= 15 is 0 Å². The van der Waals surface area contributed by atoms with Gasteiger partial charge in [-0.2, -0.15) is 5.10 Å². The molecule has 3 heterocycles. The Hall–Kier alpha value is -2.45. The van der Waals surface area contributed by atoms with Gasteiger partial charge in [-0.15, -0.1) is 0 Å². The van der Waals surface area contributed by atoms with Gasteiger partial charge in [-0.1, -0.05) is 24.4 Å². The van der Waals surface area contributed by atoms with Crippen molar-refractivity contribution >= 4 is 33.1 Å². The number of hydrogen-bond acceptors (Lipinski definition) is 6. The lowest BCUT2D eigenvalue weighted by Gasteiger charge is -2.08. The van der Waals surface area contributed by atoms with Crippen molar-refractivity contribution < 1.29 is 8.42 Å². The number of H-pyrrole nitrogens is 1. The molecule has 4 rings (SSSR count). The fraction of sp³-hybridized carbons (Fsp3) is 0.278. The third kappa shape index (κ3) is 3.81. The van der Waals surface area contributed by atoms with Crippen LogP contribution in [0.2, 0.25) is 5.15 Å². The molecule has 27 heavy (non-hydrogen) atoms. The predicted molar refractivity (Wildman–Crippen MR) is 102 cm³/mol. The fourth-order valence-electron chi connectivity index (χ4n) is 3.31. The quantitative estimate of drug-likeness (QED) is 0.622. The maximum absolute atomic E-state index is 12.8. The molecule has 1 fully saturated rings. The molecule has 7 nitrogen and oxygen atoms in total. The molecule has 1 saturated carbocycles. The molecule has 0 aliphatic heterocycles. The largest absolute Gasteiger partial charge is 0.323 e. The van der Waals surface area contributed by atoms with E-state index in [4.69, 9.17) is 11.6 Å². The third-order valence-electron chi connectivity index (χ3n) is 4.67. The monoisotopic (exact) mass is 403 g/mol. The highest BCUT2D eigenvalue weighted by atomic mass is 35.5. The Bertz CT molecular complexity index is 1050. The summed E-state index contributed by atoms with van der Waals surface area (Å²) in [4.78, 5) is 8.18. The van der Waals surface area contributed by atoms with Crippen LogP contribution in [0.3, 0.4) is 0 Å². The molecule has 0 spiro atoms. The zero-order chi connectivity index (χ0) is 18.9. The maximum atomic E-state index is 12.8. The second-order valence-electron chi connectivity index (χ2n) is 6.52. The van der Waals surface area contributed by atoms with Gasteiger partial charge in [0.2, 0.25) is 9.84 Å². The van der Waals surface area contributed by atoms with Crippen LogP contribution >= 0.6 is 11.6 Å². The van der Waals surface area contributed by atoms with Crippen molar-refractivity contribution in [3.05, 3.63) is 53.6 Å². The van der Waals surface area contributed by atoms with Gasteiger partial charge < -0.3 is 5.32 Å². The average Bonchev–Trinajstić information content (AvgIpc) is 3.33. The van der Waals surface area contributed by atoms with E-state index in [2.05, 4.69) is 25.5 Å². The summed E-state index contributed by atoms with van der Waals surface area (Å²) >= 11 is 6.06. The number of aromatic nitrogens is 4. The standard InChI is InChI=1S/C18H18ClN5O2S/c19-16-8-14(27(25,26)13-6-3-7-20-11-13)9-17(21-16)22-18-10-15(23-24-18)12-4-1-2-5-12/h3,6-12H,1-2,4-5H2,(H2,21,22,23,24). The summed E-state index contributed by atoms with van der Waals surface area (Å²) in [7, 11) is -3.74. The van der Waals surface area contributed by atoms with Gasteiger partial charge in [-0.05, 0) is 37.1 Å². The number of anilines is 2. The Labute approximate surface area is 162 Å². The number of halogens is 1. The van der Waals surface area contributed by atoms with Crippen LogP contribution in [-0.2, 0) is 9.84 Å². The molecule has 3 aromatic rings. The van der Waals surface area contributed by atoms with E-state index in [9.17, 15) is 8.42 Å². The molecule has 0 aromatic carbocycles. The van der Waals surface area contributed by atoms with Gasteiger partial charge in [0, 0.05) is 30.1 Å². The Balaban J connectivity index is 1.61.